The molecule has 2 aromatic heterocycles. The maximum Gasteiger partial charge on any atom is 0.124 e. The van der Waals surface area contributed by atoms with Gasteiger partial charge in [-0.25, -0.2) is 4.98 Å². The van der Waals surface area contributed by atoms with Crippen molar-refractivity contribution in [2.45, 2.75) is 26.8 Å². The van der Waals surface area contributed by atoms with Crippen LogP contribution < -0.4 is 14.4 Å². The van der Waals surface area contributed by atoms with Crippen molar-refractivity contribution in [1.29, 1.82) is 0 Å². The molecule has 0 bridgehead atoms. The molecule has 0 aliphatic heterocycles. The molecule has 0 atom stereocenters. The van der Waals surface area contributed by atoms with Crippen LogP contribution in [0.1, 0.15) is 26.8 Å². The van der Waals surface area contributed by atoms with Gasteiger partial charge in [0.1, 0.15) is 11.5 Å². The van der Waals surface area contributed by atoms with E-state index in [-0.39, 0.29) is 0 Å². The summed E-state index contributed by atoms with van der Waals surface area (Å²) in [7, 11) is 3.31. The third kappa shape index (κ3) is 4.17. The average Bonchev–Trinajstić information content (AvgIpc) is 3.29. The summed E-state index contributed by atoms with van der Waals surface area (Å²) in [5.74, 6) is 1.50. The van der Waals surface area contributed by atoms with E-state index >= 15 is 0 Å². The first kappa shape index (κ1) is 20.7. The van der Waals surface area contributed by atoms with Crippen molar-refractivity contribution in [3.63, 3.8) is 0 Å². The van der Waals surface area contributed by atoms with E-state index in [0.29, 0.717) is 6.04 Å². The topological polar surface area (TPSA) is 65.3 Å². The second kappa shape index (κ2) is 8.63. The summed E-state index contributed by atoms with van der Waals surface area (Å²) in [4.78, 5) is 11.7. The maximum absolute atomic E-state index is 5.44. The molecule has 2 aromatic carbocycles. The molecular weight excluding hydrogens is 390 g/mol. The molecule has 0 saturated carbocycles. The van der Waals surface area contributed by atoms with E-state index in [1.165, 1.54) is 0 Å². The predicted octanol–water partition coefficient (Wildman–Crippen LogP) is 5.25. The molecule has 2 heterocycles. The van der Waals surface area contributed by atoms with Crippen LogP contribution in [0, 0.1) is 0 Å². The lowest BCUT2D eigenvalue weighted by molar-refractivity contribution is 0.394. The van der Waals surface area contributed by atoms with Gasteiger partial charge in [-0.05, 0) is 39.0 Å². The molecule has 0 N–H and O–H groups in total. The zero-order valence-electron chi connectivity index (χ0n) is 18.5. The molecule has 4 rings (SSSR count). The molecule has 0 spiro atoms. The average molecular weight is 418 g/mol. The van der Waals surface area contributed by atoms with Crippen LogP contribution in [0.2, 0.25) is 0 Å². The molecule has 31 heavy (non-hydrogen) atoms. The van der Waals surface area contributed by atoms with E-state index in [2.05, 4.69) is 47.9 Å². The second-order valence-corrected chi connectivity index (χ2v) is 7.55. The zero-order valence-corrected chi connectivity index (χ0v) is 18.5. The van der Waals surface area contributed by atoms with Crippen LogP contribution in [-0.4, -0.2) is 40.5 Å². The Kier molecular flexibility index (Phi) is 5.75. The van der Waals surface area contributed by atoms with E-state index < -0.39 is 0 Å². The number of hydrogen-bond acceptors (Lipinski definition) is 6. The van der Waals surface area contributed by atoms with Crippen molar-refractivity contribution in [3.05, 3.63) is 55.0 Å². The smallest absolute Gasteiger partial charge is 0.124 e. The molecule has 7 nitrogen and oxygen atoms in total. The monoisotopic (exact) mass is 417 g/mol. The van der Waals surface area contributed by atoms with Gasteiger partial charge in [0.25, 0.3) is 0 Å². The highest BCUT2D eigenvalue weighted by Crippen LogP contribution is 2.34. The minimum absolute atomic E-state index is 0.298. The SMILES string of the molecule is CCN(c1cc(OC)cc(OC)c1)c1ccc2ncc(-c3cnn(C(C)C)c3)nc2c1. The maximum atomic E-state index is 5.44. The predicted molar refractivity (Wildman–Crippen MR) is 123 cm³/mol. The summed E-state index contributed by atoms with van der Waals surface area (Å²) < 4.78 is 12.8. The Hall–Kier alpha value is -3.61. The van der Waals surface area contributed by atoms with Gasteiger partial charge in [0.2, 0.25) is 0 Å². The summed E-state index contributed by atoms with van der Waals surface area (Å²) in [5.41, 5.74) is 5.46. The largest absolute Gasteiger partial charge is 0.497 e. The van der Waals surface area contributed by atoms with E-state index in [4.69, 9.17) is 14.5 Å². The molecular formula is C24H27N5O2. The van der Waals surface area contributed by atoms with Gasteiger partial charge in [0.05, 0.1) is 43.3 Å². The molecule has 160 valence electrons. The third-order valence-electron chi connectivity index (χ3n) is 5.23. The summed E-state index contributed by atoms with van der Waals surface area (Å²) in [6, 6.07) is 12.3. The molecule has 0 saturated heterocycles. The normalized spacial score (nSPS) is 11.2. The highest BCUT2D eigenvalue weighted by atomic mass is 16.5. The van der Waals surface area contributed by atoms with Gasteiger partial charge in [-0.2, -0.15) is 5.10 Å². The summed E-state index contributed by atoms with van der Waals surface area (Å²) in [6.45, 7) is 7.08. The zero-order chi connectivity index (χ0) is 22.0. The number of benzene rings is 2. The number of rotatable bonds is 7. The van der Waals surface area contributed by atoms with Crippen LogP contribution in [0.4, 0.5) is 11.4 Å². The Balaban J connectivity index is 1.74. The van der Waals surface area contributed by atoms with Crippen molar-refractivity contribution >= 4 is 22.4 Å². The van der Waals surface area contributed by atoms with E-state index in [1.807, 2.05) is 41.3 Å². The van der Waals surface area contributed by atoms with Crippen LogP contribution in [0.5, 0.6) is 11.5 Å². The number of fused-ring (bicyclic) bond motifs is 1. The van der Waals surface area contributed by atoms with Crippen molar-refractivity contribution in [2.75, 3.05) is 25.7 Å². The molecule has 0 unspecified atom stereocenters. The summed E-state index contributed by atoms with van der Waals surface area (Å²) in [5, 5.41) is 4.42. The molecule has 0 fully saturated rings. The Morgan fingerprint density at radius 1 is 0.935 bits per heavy atom. The van der Waals surface area contributed by atoms with Crippen LogP contribution in [0.3, 0.4) is 0 Å². The van der Waals surface area contributed by atoms with Crippen molar-refractivity contribution in [3.8, 4) is 22.8 Å². The Bertz CT molecular complexity index is 1180. The van der Waals surface area contributed by atoms with E-state index in [0.717, 1.165) is 51.7 Å². The summed E-state index contributed by atoms with van der Waals surface area (Å²) in [6.07, 6.45) is 5.64. The number of nitrogens with zero attached hydrogens (tertiary/aromatic N) is 5. The molecule has 0 amide bonds. The number of hydrogen-bond donors (Lipinski definition) is 0. The lowest BCUT2D eigenvalue weighted by Crippen LogP contribution is -2.16. The van der Waals surface area contributed by atoms with Crippen molar-refractivity contribution in [2.24, 2.45) is 0 Å². The first-order valence-electron chi connectivity index (χ1n) is 10.3. The number of anilines is 2. The standard InChI is InChI=1S/C24H27N5O2/c1-6-28(19-9-20(30-4)12-21(10-19)31-5)18-7-8-22-23(11-18)27-24(14-25-22)17-13-26-29(15-17)16(2)3/h7-16H,6H2,1-5H3. The molecule has 4 aromatic rings. The van der Waals surface area contributed by atoms with Crippen LogP contribution >= 0.6 is 0 Å². The molecule has 7 heteroatoms. The summed E-state index contributed by atoms with van der Waals surface area (Å²) >= 11 is 0. The van der Waals surface area contributed by atoms with Crippen LogP contribution in [-0.2, 0) is 0 Å². The molecule has 0 aliphatic carbocycles. The van der Waals surface area contributed by atoms with Gasteiger partial charge in [-0.1, -0.05) is 0 Å². The second-order valence-electron chi connectivity index (χ2n) is 7.55. The van der Waals surface area contributed by atoms with Crippen LogP contribution in [0.25, 0.3) is 22.3 Å². The molecule has 0 aliphatic rings. The fourth-order valence-electron chi connectivity index (χ4n) is 3.52. The Labute approximate surface area is 182 Å². The first-order chi connectivity index (χ1) is 15.0. The van der Waals surface area contributed by atoms with Gasteiger partial charge in [-0.3, -0.25) is 9.67 Å². The Morgan fingerprint density at radius 2 is 1.68 bits per heavy atom. The lowest BCUT2D eigenvalue weighted by Gasteiger charge is -2.24. The minimum Gasteiger partial charge on any atom is -0.497 e. The third-order valence-corrected chi connectivity index (χ3v) is 5.23. The van der Waals surface area contributed by atoms with Gasteiger partial charge >= 0.3 is 0 Å². The quantitative estimate of drug-likeness (QED) is 0.409. The van der Waals surface area contributed by atoms with Crippen molar-refractivity contribution in [1.82, 2.24) is 19.7 Å². The van der Waals surface area contributed by atoms with Gasteiger partial charge < -0.3 is 14.4 Å². The minimum atomic E-state index is 0.298. The van der Waals surface area contributed by atoms with E-state index in [1.54, 1.807) is 20.4 Å². The fourth-order valence-corrected chi connectivity index (χ4v) is 3.52. The highest BCUT2D eigenvalue weighted by Gasteiger charge is 2.13. The fraction of sp³-hybridized carbons (Fsp3) is 0.292. The number of aromatic nitrogens is 4. The van der Waals surface area contributed by atoms with Gasteiger partial charge in [-0.15, -0.1) is 0 Å². The van der Waals surface area contributed by atoms with E-state index in [9.17, 15) is 0 Å². The first-order valence-corrected chi connectivity index (χ1v) is 10.3. The lowest BCUT2D eigenvalue weighted by atomic mass is 10.2. The Morgan fingerprint density at radius 3 is 2.29 bits per heavy atom. The number of methoxy groups -OCH3 is 2. The van der Waals surface area contributed by atoms with Crippen molar-refractivity contribution < 1.29 is 9.47 Å². The van der Waals surface area contributed by atoms with Gasteiger partial charge in [0.15, 0.2) is 0 Å². The van der Waals surface area contributed by atoms with Gasteiger partial charge in [0, 0.05) is 53.9 Å². The highest BCUT2D eigenvalue weighted by molar-refractivity contribution is 5.82. The molecule has 0 radical (unpaired) electrons. The van der Waals surface area contributed by atoms with Crippen LogP contribution in [0.15, 0.2) is 55.0 Å². The number of ether oxygens (including phenoxy) is 2.